The van der Waals surface area contributed by atoms with Crippen LogP contribution in [0.5, 0.6) is 5.75 Å². The van der Waals surface area contributed by atoms with Gasteiger partial charge in [-0.3, -0.25) is 4.79 Å². The van der Waals surface area contributed by atoms with E-state index < -0.39 is 11.9 Å². The van der Waals surface area contributed by atoms with Crippen LogP contribution in [0.4, 0.5) is 5.69 Å². The second kappa shape index (κ2) is 8.40. The number of rotatable bonds is 6. The average molecular weight is 345 g/mol. The molecule has 0 saturated heterocycles. The Morgan fingerprint density at radius 3 is 2.58 bits per heavy atom. The monoisotopic (exact) mass is 345 g/mol. The molecule has 1 amide bonds. The standard InChI is InChI=1S/C18H19NO4S/c1-12-6-4-5-7-15(12)19-17(20)11-23-18(21)14-9-8-13(24-3)10-16(14)22-2/h4-10H,11H2,1-3H3,(H,19,20). The van der Waals surface area contributed by atoms with Gasteiger partial charge in [-0.05, 0) is 43.0 Å². The predicted molar refractivity (Wildman–Crippen MR) is 94.9 cm³/mol. The third-order valence-corrected chi connectivity index (χ3v) is 4.11. The molecule has 0 heterocycles. The Kier molecular flexibility index (Phi) is 6.26. The molecule has 0 aliphatic rings. The zero-order valence-corrected chi connectivity index (χ0v) is 14.6. The number of aryl methyl sites for hydroxylation is 1. The first-order valence-electron chi connectivity index (χ1n) is 7.29. The Hall–Kier alpha value is -2.47. The van der Waals surface area contributed by atoms with Crippen LogP contribution in [0.2, 0.25) is 0 Å². The Bertz CT molecular complexity index is 746. The van der Waals surface area contributed by atoms with Crippen LogP contribution in [0.25, 0.3) is 0 Å². The third kappa shape index (κ3) is 4.52. The number of hydrogen-bond donors (Lipinski definition) is 1. The average Bonchev–Trinajstić information content (AvgIpc) is 2.61. The summed E-state index contributed by atoms with van der Waals surface area (Å²) < 4.78 is 10.3. The van der Waals surface area contributed by atoms with Crippen LogP contribution >= 0.6 is 11.8 Å². The summed E-state index contributed by atoms with van der Waals surface area (Å²) in [5.74, 6) is -0.567. The molecule has 2 aromatic rings. The first kappa shape index (κ1) is 17.9. The maximum atomic E-state index is 12.2. The molecule has 5 nitrogen and oxygen atoms in total. The number of anilines is 1. The summed E-state index contributed by atoms with van der Waals surface area (Å²) in [7, 11) is 1.49. The molecule has 0 aromatic heterocycles. The number of amides is 1. The van der Waals surface area contributed by atoms with Gasteiger partial charge in [0.05, 0.1) is 7.11 Å². The molecule has 0 unspecified atom stereocenters. The Labute approximate surface area is 145 Å². The largest absolute Gasteiger partial charge is 0.496 e. The van der Waals surface area contributed by atoms with Crippen LogP contribution in [-0.4, -0.2) is 31.8 Å². The summed E-state index contributed by atoms with van der Waals surface area (Å²) in [6.07, 6.45) is 1.93. The maximum absolute atomic E-state index is 12.2. The molecule has 126 valence electrons. The highest BCUT2D eigenvalue weighted by molar-refractivity contribution is 7.98. The van der Waals surface area contributed by atoms with Crippen LogP contribution in [0, 0.1) is 6.92 Å². The molecule has 0 aliphatic carbocycles. The number of nitrogens with one attached hydrogen (secondary N) is 1. The number of carbonyl (C=O) groups excluding carboxylic acids is 2. The van der Waals surface area contributed by atoms with Gasteiger partial charge in [0, 0.05) is 10.6 Å². The van der Waals surface area contributed by atoms with Crippen LogP contribution in [0.1, 0.15) is 15.9 Å². The summed E-state index contributed by atoms with van der Waals surface area (Å²) in [6.45, 7) is 1.53. The first-order chi connectivity index (χ1) is 11.5. The van der Waals surface area contributed by atoms with E-state index in [2.05, 4.69) is 5.32 Å². The summed E-state index contributed by atoms with van der Waals surface area (Å²) in [5, 5.41) is 2.71. The lowest BCUT2D eigenvalue weighted by Gasteiger charge is -2.11. The highest BCUT2D eigenvalue weighted by Gasteiger charge is 2.16. The zero-order valence-electron chi connectivity index (χ0n) is 13.8. The lowest BCUT2D eigenvalue weighted by atomic mass is 10.2. The normalized spacial score (nSPS) is 10.1. The number of carbonyl (C=O) groups is 2. The fourth-order valence-corrected chi connectivity index (χ4v) is 2.50. The quantitative estimate of drug-likeness (QED) is 0.641. The lowest BCUT2D eigenvalue weighted by Crippen LogP contribution is -2.21. The van der Waals surface area contributed by atoms with Gasteiger partial charge in [-0.2, -0.15) is 0 Å². The van der Waals surface area contributed by atoms with Gasteiger partial charge < -0.3 is 14.8 Å². The van der Waals surface area contributed by atoms with Crippen LogP contribution < -0.4 is 10.1 Å². The molecule has 2 rings (SSSR count). The fourth-order valence-electron chi connectivity index (χ4n) is 2.08. The van der Waals surface area contributed by atoms with Gasteiger partial charge in [0.1, 0.15) is 11.3 Å². The van der Waals surface area contributed by atoms with Gasteiger partial charge in [0.15, 0.2) is 6.61 Å². The van der Waals surface area contributed by atoms with E-state index in [1.54, 1.807) is 36.0 Å². The molecule has 0 radical (unpaired) electrons. The first-order valence-corrected chi connectivity index (χ1v) is 8.52. The van der Waals surface area contributed by atoms with Crippen molar-refractivity contribution in [1.29, 1.82) is 0 Å². The SMILES string of the molecule is COc1cc(SC)ccc1C(=O)OCC(=O)Nc1ccccc1C. The molecule has 0 bridgehead atoms. The van der Waals surface area contributed by atoms with E-state index in [1.165, 1.54) is 7.11 Å². The van der Waals surface area contributed by atoms with Crippen molar-refractivity contribution in [2.75, 3.05) is 25.3 Å². The minimum absolute atomic E-state index is 0.291. The smallest absolute Gasteiger partial charge is 0.342 e. The highest BCUT2D eigenvalue weighted by Crippen LogP contribution is 2.25. The van der Waals surface area contributed by atoms with E-state index in [0.29, 0.717) is 17.0 Å². The van der Waals surface area contributed by atoms with E-state index in [4.69, 9.17) is 9.47 Å². The summed E-state index contributed by atoms with van der Waals surface area (Å²) in [4.78, 5) is 25.1. The van der Waals surface area contributed by atoms with E-state index in [-0.39, 0.29) is 6.61 Å². The van der Waals surface area contributed by atoms with Crippen molar-refractivity contribution in [2.45, 2.75) is 11.8 Å². The molecule has 0 atom stereocenters. The highest BCUT2D eigenvalue weighted by atomic mass is 32.2. The molecule has 0 saturated carbocycles. The summed E-state index contributed by atoms with van der Waals surface area (Å²) in [6, 6.07) is 12.6. The van der Waals surface area contributed by atoms with Gasteiger partial charge >= 0.3 is 5.97 Å². The zero-order chi connectivity index (χ0) is 17.5. The van der Waals surface area contributed by atoms with Crippen LogP contribution in [-0.2, 0) is 9.53 Å². The molecule has 2 aromatic carbocycles. The number of benzene rings is 2. The molecule has 6 heteroatoms. The van der Waals surface area contributed by atoms with Crippen molar-refractivity contribution in [3.8, 4) is 5.75 Å². The summed E-state index contributed by atoms with van der Waals surface area (Å²) >= 11 is 1.54. The number of esters is 1. The molecular formula is C18H19NO4S. The lowest BCUT2D eigenvalue weighted by molar-refractivity contribution is -0.119. The predicted octanol–water partition coefficient (Wildman–Crippen LogP) is 3.52. The Morgan fingerprint density at radius 1 is 1.17 bits per heavy atom. The molecule has 1 N–H and O–H groups in total. The molecular weight excluding hydrogens is 326 g/mol. The van der Waals surface area contributed by atoms with Crippen molar-refractivity contribution in [3.63, 3.8) is 0 Å². The van der Waals surface area contributed by atoms with Crippen LogP contribution in [0.15, 0.2) is 47.4 Å². The number of para-hydroxylation sites is 1. The fraction of sp³-hybridized carbons (Fsp3) is 0.222. The molecule has 0 spiro atoms. The van der Waals surface area contributed by atoms with Crippen molar-refractivity contribution in [2.24, 2.45) is 0 Å². The summed E-state index contributed by atoms with van der Waals surface area (Å²) in [5.41, 5.74) is 1.92. The number of hydrogen-bond acceptors (Lipinski definition) is 5. The Balaban J connectivity index is 1.98. The van der Waals surface area contributed by atoms with E-state index >= 15 is 0 Å². The van der Waals surface area contributed by atoms with Gasteiger partial charge in [-0.1, -0.05) is 18.2 Å². The number of ether oxygens (including phenoxy) is 2. The number of methoxy groups -OCH3 is 1. The van der Waals surface area contributed by atoms with Crippen molar-refractivity contribution < 1.29 is 19.1 Å². The van der Waals surface area contributed by atoms with Crippen molar-refractivity contribution in [3.05, 3.63) is 53.6 Å². The second-order valence-electron chi connectivity index (χ2n) is 5.01. The van der Waals surface area contributed by atoms with Crippen LogP contribution in [0.3, 0.4) is 0 Å². The van der Waals surface area contributed by atoms with E-state index in [9.17, 15) is 9.59 Å². The number of thioether (sulfide) groups is 1. The van der Waals surface area contributed by atoms with E-state index in [1.807, 2.05) is 31.4 Å². The topological polar surface area (TPSA) is 64.6 Å². The van der Waals surface area contributed by atoms with Crippen molar-refractivity contribution in [1.82, 2.24) is 0 Å². The molecule has 0 fully saturated rings. The molecule has 24 heavy (non-hydrogen) atoms. The Morgan fingerprint density at radius 2 is 1.92 bits per heavy atom. The van der Waals surface area contributed by atoms with E-state index in [0.717, 1.165) is 10.5 Å². The second-order valence-corrected chi connectivity index (χ2v) is 5.89. The van der Waals surface area contributed by atoms with Gasteiger partial charge in [0.2, 0.25) is 0 Å². The van der Waals surface area contributed by atoms with Gasteiger partial charge in [-0.15, -0.1) is 11.8 Å². The van der Waals surface area contributed by atoms with Crippen molar-refractivity contribution >= 4 is 29.3 Å². The van der Waals surface area contributed by atoms with Gasteiger partial charge in [-0.25, -0.2) is 4.79 Å². The van der Waals surface area contributed by atoms with Gasteiger partial charge in [0.25, 0.3) is 5.91 Å². The minimum Gasteiger partial charge on any atom is -0.496 e. The minimum atomic E-state index is -0.598. The maximum Gasteiger partial charge on any atom is 0.342 e. The molecule has 0 aliphatic heterocycles. The third-order valence-electron chi connectivity index (χ3n) is 3.38.